The molecule has 1 unspecified atom stereocenters. The molecule has 11 heteroatoms. The molecule has 39 heavy (non-hydrogen) atoms. The molecule has 2 aromatic carbocycles. The molecular weight excluding hydrogens is 516 g/mol. The molecule has 0 saturated carbocycles. The molecule has 1 atom stereocenters. The Morgan fingerprint density at radius 2 is 1.85 bits per heavy atom. The highest BCUT2D eigenvalue weighted by Gasteiger charge is 2.21. The van der Waals surface area contributed by atoms with E-state index < -0.39 is 11.9 Å². The van der Waals surface area contributed by atoms with Gasteiger partial charge >= 0.3 is 0 Å². The number of hydrogen-bond donors (Lipinski definition) is 3. The summed E-state index contributed by atoms with van der Waals surface area (Å²) in [6.07, 6.45) is 2.75. The number of para-hydroxylation sites is 1. The van der Waals surface area contributed by atoms with Crippen LogP contribution in [0.15, 0.2) is 78.0 Å². The second kappa shape index (κ2) is 10.6. The lowest BCUT2D eigenvalue weighted by atomic mass is 10.2. The topological polar surface area (TPSA) is 155 Å². The summed E-state index contributed by atoms with van der Waals surface area (Å²) in [4.78, 5) is 42.5. The van der Waals surface area contributed by atoms with Crippen molar-refractivity contribution in [3.05, 3.63) is 111 Å². The molecule has 0 aliphatic carbocycles. The van der Waals surface area contributed by atoms with Crippen LogP contribution in [0, 0.1) is 11.8 Å². The summed E-state index contributed by atoms with van der Waals surface area (Å²) in [6, 6.07) is 16.7. The lowest BCUT2D eigenvalue weighted by Crippen LogP contribution is -2.27. The molecular formula is C28H21ClN8O2. The number of nitrogen functional groups attached to an aromatic ring is 1. The summed E-state index contributed by atoms with van der Waals surface area (Å²) >= 11 is 6.39. The maximum atomic E-state index is 13.7. The highest BCUT2D eigenvalue weighted by molar-refractivity contribution is 6.35. The quantitative estimate of drug-likeness (QED) is 0.288. The number of nitrogens with zero attached hydrogens (tertiary/aromatic N) is 5. The minimum absolute atomic E-state index is 0.136. The Morgan fingerprint density at radius 3 is 2.62 bits per heavy atom. The summed E-state index contributed by atoms with van der Waals surface area (Å²) in [5, 5.41) is 3.91. The molecule has 5 aromatic rings. The molecule has 1 amide bonds. The summed E-state index contributed by atoms with van der Waals surface area (Å²) in [5.74, 6) is 6.10. The van der Waals surface area contributed by atoms with Crippen LogP contribution in [0.25, 0.3) is 16.6 Å². The fourth-order valence-electron chi connectivity index (χ4n) is 4.00. The number of carbonyl (C=O) groups excluding carboxylic acids is 1. The number of nitrogens with one attached hydrogen (secondary N) is 1. The maximum absolute atomic E-state index is 13.7. The van der Waals surface area contributed by atoms with Crippen molar-refractivity contribution in [3.63, 3.8) is 0 Å². The second-order valence-electron chi connectivity index (χ2n) is 8.47. The zero-order valence-corrected chi connectivity index (χ0v) is 21.3. The number of hydrogen-bond acceptors (Lipinski definition) is 8. The minimum Gasteiger partial charge on any atom is -0.382 e. The summed E-state index contributed by atoms with van der Waals surface area (Å²) in [5.41, 5.74) is 13.2. The Morgan fingerprint density at radius 1 is 1.05 bits per heavy atom. The molecule has 192 valence electrons. The molecule has 5 N–H and O–H groups in total. The van der Waals surface area contributed by atoms with E-state index in [1.54, 1.807) is 18.2 Å². The third kappa shape index (κ3) is 5.12. The van der Waals surface area contributed by atoms with E-state index in [4.69, 9.17) is 28.1 Å². The average Bonchev–Trinajstić information content (AvgIpc) is 2.93. The van der Waals surface area contributed by atoms with E-state index in [0.717, 1.165) is 0 Å². The SMILES string of the molecule is CC(Nc1ncnc(N)c1C#Cc1cc(C(N)=O)ccn1)c1nc2cccc(Cl)c2c(=O)n1-c1ccccc1. The third-order valence-electron chi connectivity index (χ3n) is 5.86. The van der Waals surface area contributed by atoms with E-state index in [1.807, 2.05) is 37.3 Å². The maximum Gasteiger partial charge on any atom is 0.267 e. The number of nitrogens with two attached hydrogens (primary N) is 2. The van der Waals surface area contributed by atoms with Crippen LogP contribution in [-0.4, -0.2) is 30.4 Å². The first-order valence-electron chi connectivity index (χ1n) is 11.7. The van der Waals surface area contributed by atoms with Gasteiger partial charge in [-0.05, 0) is 49.2 Å². The van der Waals surface area contributed by atoms with E-state index in [9.17, 15) is 9.59 Å². The third-order valence-corrected chi connectivity index (χ3v) is 6.18. The highest BCUT2D eigenvalue weighted by atomic mass is 35.5. The van der Waals surface area contributed by atoms with Crippen LogP contribution >= 0.6 is 11.6 Å². The second-order valence-corrected chi connectivity index (χ2v) is 8.88. The fraction of sp³-hybridized carbons (Fsp3) is 0.0714. The number of fused-ring (bicyclic) bond motifs is 1. The van der Waals surface area contributed by atoms with E-state index in [2.05, 4.69) is 32.1 Å². The first kappa shape index (κ1) is 25.4. The number of pyridine rings is 1. The molecule has 3 aromatic heterocycles. The normalized spacial score (nSPS) is 11.4. The first-order chi connectivity index (χ1) is 18.8. The number of benzene rings is 2. The smallest absolute Gasteiger partial charge is 0.267 e. The number of rotatable bonds is 5. The van der Waals surface area contributed by atoms with Gasteiger partial charge in [0.25, 0.3) is 5.56 Å². The Balaban J connectivity index is 1.59. The van der Waals surface area contributed by atoms with Crippen LogP contribution in [-0.2, 0) is 0 Å². The van der Waals surface area contributed by atoms with Crippen LogP contribution in [0.1, 0.15) is 40.4 Å². The number of anilines is 2. The lowest BCUT2D eigenvalue weighted by Gasteiger charge is -2.21. The molecule has 10 nitrogen and oxygen atoms in total. The molecule has 5 rings (SSSR count). The van der Waals surface area contributed by atoms with Gasteiger partial charge < -0.3 is 16.8 Å². The van der Waals surface area contributed by atoms with Gasteiger partial charge in [-0.1, -0.05) is 41.8 Å². The van der Waals surface area contributed by atoms with E-state index in [0.29, 0.717) is 44.5 Å². The summed E-state index contributed by atoms with van der Waals surface area (Å²) in [6.45, 7) is 1.84. The van der Waals surface area contributed by atoms with E-state index in [1.165, 1.54) is 29.2 Å². The Bertz CT molecular complexity index is 1840. The van der Waals surface area contributed by atoms with Gasteiger partial charge in [-0.25, -0.2) is 19.9 Å². The number of primary amides is 1. The Hall–Kier alpha value is -5.27. The predicted molar refractivity (Wildman–Crippen MR) is 150 cm³/mol. The number of aromatic nitrogens is 5. The van der Waals surface area contributed by atoms with Gasteiger partial charge in [0.1, 0.15) is 35.0 Å². The fourth-order valence-corrected chi connectivity index (χ4v) is 4.25. The summed E-state index contributed by atoms with van der Waals surface area (Å²) < 4.78 is 1.51. The van der Waals surface area contributed by atoms with Crippen molar-refractivity contribution in [2.45, 2.75) is 13.0 Å². The molecule has 0 radical (unpaired) electrons. The van der Waals surface area contributed by atoms with Crippen molar-refractivity contribution in [1.29, 1.82) is 0 Å². The van der Waals surface area contributed by atoms with Gasteiger partial charge in [-0.3, -0.25) is 14.2 Å². The number of amides is 1. The van der Waals surface area contributed by atoms with Crippen LogP contribution in [0.3, 0.4) is 0 Å². The standard InChI is InChI=1S/C28H21ClN8O2/c1-16(27-36-22-9-5-8-21(29)23(22)28(39)37(27)19-6-3-2-4-7-19)35-26-20(24(30)33-15-34-26)11-10-18-14-17(25(31)38)12-13-32-18/h2-9,12-16H,1H3,(H2,31,38)(H3,30,33,34,35). The van der Waals surface area contributed by atoms with Crippen LogP contribution < -0.4 is 22.3 Å². The van der Waals surface area contributed by atoms with Crippen LogP contribution in [0.4, 0.5) is 11.6 Å². The predicted octanol–water partition coefficient (Wildman–Crippen LogP) is 3.48. The minimum atomic E-state index is -0.590. The largest absolute Gasteiger partial charge is 0.382 e. The van der Waals surface area contributed by atoms with Gasteiger partial charge in [0.2, 0.25) is 5.91 Å². The first-order valence-corrected chi connectivity index (χ1v) is 12.1. The van der Waals surface area contributed by atoms with E-state index in [-0.39, 0.29) is 16.9 Å². The molecule has 0 spiro atoms. The van der Waals surface area contributed by atoms with Crippen molar-refractivity contribution in [3.8, 4) is 17.5 Å². The zero-order chi connectivity index (χ0) is 27.5. The van der Waals surface area contributed by atoms with Crippen molar-refractivity contribution < 1.29 is 4.79 Å². The molecule has 3 heterocycles. The monoisotopic (exact) mass is 536 g/mol. The lowest BCUT2D eigenvalue weighted by molar-refractivity contribution is 0.1000. The Kier molecular flexibility index (Phi) is 6.91. The molecule has 0 bridgehead atoms. The van der Waals surface area contributed by atoms with Crippen molar-refractivity contribution >= 4 is 40.0 Å². The zero-order valence-electron chi connectivity index (χ0n) is 20.6. The Labute approximate surface area is 227 Å². The van der Waals surface area contributed by atoms with Gasteiger partial charge in [-0.2, -0.15) is 0 Å². The number of carbonyl (C=O) groups is 1. The molecule has 0 aliphatic rings. The van der Waals surface area contributed by atoms with Gasteiger partial charge in [0, 0.05) is 11.8 Å². The molecule has 0 fully saturated rings. The van der Waals surface area contributed by atoms with E-state index >= 15 is 0 Å². The average molecular weight is 537 g/mol. The van der Waals surface area contributed by atoms with Gasteiger partial charge in [0.15, 0.2) is 0 Å². The van der Waals surface area contributed by atoms with Crippen molar-refractivity contribution in [2.75, 3.05) is 11.1 Å². The molecule has 0 aliphatic heterocycles. The summed E-state index contributed by atoms with van der Waals surface area (Å²) in [7, 11) is 0. The van der Waals surface area contributed by atoms with Gasteiger partial charge in [-0.15, -0.1) is 0 Å². The number of halogens is 1. The van der Waals surface area contributed by atoms with Crippen LogP contribution in [0.2, 0.25) is 5.02 Å². The molecule has 0 saturated heterocycles. The van der Waals surface area contributed by atoms with Crippen molar-refractivity contribution in [1.82, 2.24) is 24.5 Å². The van der Waals surface area contributed by atoms with Crippen molar-refractivity contribution in [2.24, 2.45) is 5.73 Å². The van der Waals surface area contributed by atoms with Crippen LogP contribution in [0.5, 0.6) is 0 Å². The van der Waals surface area contributed by atoms with Gasteiger partial charge in [0.05, 0.1) is 27.7 Å². The highest BCUT2D eigenvalue weighted by Crippen LogP contribution is 2.26.